The molecule has 2 atom stereocenters. The first-order chi connectivity index (χ1) is 13.5. The van der Waals surface area contributed by atoms with Crippen LogP contribution < -0.4 is 10.1 Å². The van der Waals surface area contributed by atoms with Gasteiger partial charge in [-0.25, -0.2) is 9.59 Å². The summed E-state index contributed by atoms with van der Waals surface area (Å²) in [5.74, 6) is -0.0942. The molecule has 0 bridgehead atoms. The number of ether oxygens (including phenoxy) is 3. The van der Waals surface area contributed by atoms with Gasteiger partial charge in [0.25, 0.3) is 0 Å². The summed E-state index contributed by atoms with van der Waals surface area (Å²) in [6, 6.07) is 15.4. The van der Waals surface area contributed by atoms with Crippen molar-refractivity contribution in [3.8, 4) is 5.75 Å². The van der Waals surface area contributed by atoms with Gasteiger partial charge in [-0.2, -0.15) is 0 Å². The number of methoxy groups -OCH3 is 1. The molecule has 0 aliphatic rings. The summed E-state index contributed by atoms with van der Waals surface area (Å²) in [7, 11) is 1.26. The van der Waals surface area contributed by atoms with E-state index in [4.69, 9.17) is 9.47 Å². The van der Waals surface area contributed by atoms with Crippen LogP contribution in [0, 0.1) is 0 Å². The molecule has 0 radical (unpaired) electrons. The fourth-order valence-corrected chi connectivity index (χ4v) is 2.26. The second kappa shape index (κ2) is 10.9. The van der Waals surface area contributed by atoms with Crippen LogP contribution in [0.25, 0.3) is 0 Å². The van der Waals surface area contributed by atoms with E-state index in [1.807, 2.05) is 30.3 Å². The molecule has 8 heteroatoms. The summed E-state index contributed by atoms with van der Waals surface area (Å²) >= 11 is 0. The normalized spacial score (nSPS) is 12.5. The minimum absolute atomic E-state index is 0.109. The van der Waals surface area contributed by atoms with Crippen LogP contribution in [0.15, 0.2) is 54.6 Å². The predicted molar refractivity (Wildman–Crippen MR) is 99.5 cm³/mol. The third-order valence-corrected chi connectivity index (χ3v) is 3.84. The van der Waals surface area contributed by atoms with Crippen molar-refractivity contribution in [3.63, 3.8) is 0 Å². The number of rotatable bonds is 9. The van der Waals surface area contributed by atoms with E-state index in [9.17, 15) is 19.8 Å². The second-order valence-electron chi connectivity index (χ2n) is 5.89. The molecule has 0 aliphatic carbocycles. The number of alkyl carbamates (subject to hydrolysis) is 1. The predicted octanol–water partition coefficient (Wildman–Crippen LogP) is 1.56. The zero-order valence-corrected chi connectivity index (χ0v) is 15.4. The molecule has 0 heterocycles. The zero-order valence-electron chi connectivity index (χ0n) is 15.4. The third kappa shape index (κ3) is 6.90. The number of nitrogens with one attached hydrogen (secondary N) is 1. The number of carbonyl (C=O) groups is 2. The van der Waals surface area contributed by atoms with Crippen LogP contribution in [-0.2, 0) is 20.9 Å². The van der Waals surface area contributed by atoms with Gasteiger partial charge in [-0.15, -0.1) is 0 Å². The van der Waals surface area contributed by atoms with Crippen LogP contribution in [0.4, 0.5) is 4.79 Å². The molecule has 0 spiro atoms. The Morgan fingerprint density at radius 2 is 1.71 bits per heavy atom. The van der Waals surface area contributed by atoms with Crippen molar-refractivity contribution in [2.45, 2.75) is 18.8 Å². The van der Waals surface area contributed by atoms with E-state index >= 15 is 0 Å². The summed E-state index contributed by atoms with van der Waals surface area (Å²) in [6.07, 6.45) is -3.14. The fourth-order valence-electron chi connectivity index (χ4n) is 2.26. The highest BCUT2D eigenvalue weighted by atomic mass is 16.6. The van der Waals surface area contributed by atoms with Gasteiger partial charge in [0.2, 0.25) is 0 Å². The topological polar surface area (TPSA) is 114 Å². The number of hydrogen-bond acceptors (Lipinski definition) is 7. The number of benzene rings is 2. The standard InChI is InChI=1S/C20H23NO7/c1-26-18(23)13-27-16-9-7-15(8-10-16)19(24)17(22)11-21-20(25)28-12-14-5-3-2-4-6-14/h2-10,17,19,22,24H,11-13H2,1H3,(H,21,25). The Morgan fingerprint density at radius 1 is 1.04 bits per heavy atom. The highest BCUT2D eigenvalue weighted by molar-refractivity contribution is 5.70. The van der Waals surface area contributed by atoms with Crippen molar-refractivity contribution >= 4 is 12.1 Å². The van der Waals surface area contributed by atoms with Crippen LogP contribution in [0.3, 0.4) is 0 Å². The Labute approximate surface area is 162 Å². The number of amides is 1. The minimum atomic E-state index is -1.23. The number of aliphatic hydroxyl groups is 2. The van der Waals surface area contributed by atoms with Gasteiger partial charge in [-0.05, 0) is 23.3 Å². The Hall–Kier alpha value is -3.10. The molecule has 2 unspecified atom stereocenters. The zero-order chi connectivity index (χ0) is 20.4. The van der Waals surface area contributed by atoms with Gasteiger partial charge in [0.15, 0.2) is 6.61 Å². The fraction of sp³-hybridized carbons (Fsp3) is 0.300. The summed E-state index contributed by atoms with van der Waals surface area (Å²) in [5.41, 5.74) is 1.27. The highest BCUT2D eigenvalue weighted by Crippen LogP contribution is 2.20. The average molecular weight is 389 g/mol. The van der Waals surface area contributed by atoms with Crippen molar-refractivity contribution in [1.82, 2.24) is 5.32 Å². The lowest BCUT2D eigenvalue weighted by atomic mass is 10.0. The van der Waals surface area contributed by atoms with Gasteiger partial charge >= 0.3 is 12.1 Å². The molecule has 2 aromatic carbocycles. The highest BCUT2D eigenvalue weighted by Gasteiger charge is 2.19. The van der Waals surface area contributed by atoms with Gasteiger partial charge in [0.05, 0.1) is 7.11 Å². The van der Waals surface area contributed by atoms with Gasteiger partial charge in [-0.1, -0.05) is 42.5 Å². The van der Waals surface area contributed by atoms with Crippen molar-refractivity contribution in [2.75, 3.05) is 20.3 Å². The molecule has 2 rings (SSSR count). The molecule has 3 N–H and O–H groups in total. The van der Waals surface area contributed by atoms with E-state index in [1.54, 1.807) is 24.3 Å². The first-order valence-electron chi connectivity index (χ1n) is 8.60. The van der Waals surface area contributed by atoms with Crippen LogP contribution in [0.5, 0.6) is 5.75 Å². The maximum absolute atomic E-state index is 11.7. The lowest BCUT2D eigenvalue weighted by Gasteiger charge is -2.19. The molecule has 0 aliphatic heterocycles. The Morgan fingerprint density at radius 3 is 2.36 bits per heavy atom. The summed E-state index contributed by atoms with van der Waals surface area (Å²) in [5, 5.41) is 22.7. The second-order valence-corrected chi connectivity index (χ2v) is 5.89. The first kappa shape index (κ1) is 21.2. The maximum Gasteiger partial charge on any atom is 0.407 e. The van der Waals surface area contributed by atoms with E-state index in [-0.39, 0.29) is 19.8 Å². The smallest absolute Gasteiger partial charge is 0.407 e. The Bertz CT molecular complexity index is 749. The van der Waals surface area contributed by atoms with Crippen LogP contribution in [-0.4, -0.2) is 48.6 Å². The van der Waals surface area contributed by atoms with E-state index in [0.717, 1.165) is 5.56 Å². The van der Waals surface area contributed by atoms with Gasteiger partial charge < -0.3 is 29.7 Å². The SMILES string of the molecule is COC(=O)COc1ccc(C(O)C(O)CNC(=O)OCc2ccccc2)cc1. The third-order valence-electron chi connectivity index (χ3n) is 3.84. The average Bonchev–Trinajstić information content (AvgIpc) is 2.74. The molecule has 2 aromatic rings. The van der Waals surface area contributed by atoms with Gasteiger partial charge in [0, 0.05) is 6.54 Å². The molecule has 8 nitrogen and oxygen atoms in total. The van der Waals surface area contributed by atoms with Crippen molar-refractivity contribution in [3.05, 3.63) is 65.7 Å². The van der Waals surface area contributed by atoms with Crippen molar-refractivity contribution in [2.24, 2.45) is 0 Å². The molecular formula is C20H23NO7. The Kier molecular flexibility index (Phi) is 8.26. The van der Waals surface area contributed by atoms with Crippen LogP contribution >= 0.6 is 0 Å². The monoisotopic (exact) mass is 389 g/mol. The molecule has 1 amide bonds. The number of esters is 1. The van der Waals surface area contributed by atoms with Crippen molar-refractivity contribution in [1.29, 1.82) is 0 Å². The molecule has 0 fully saturated rings. The van der Waals surface area contributed by atoms with E-state index < -0.39 is 24.3 Å². The van der Waals surface area contributed by atoms with Crippen LogP contribution in [0.1, 0.15) is 17.2 Å². The van der Waals surface area contributed by atoms with Crippen LogP contribution in [0.2, 0.25) is 0 Å². The lowest BCUT2D eigenvalue weighted by molar-refractivity contribution is -0.142. The molecule has 0 saturated heterocycles. The number of aliphatic hydroxyl groups excluding tert-OH is 2. The van der Waals surface area contributed by atoms with E-state index in [0.29, 0.717) is 11.3 Å². The van der Waals surface area contributed by atoms with Gasteiger partial charge in [-0.3, -0.25) is 0 Å². The number of carbonyl (C=O) groups excluding carboxylic acids is 2. The molecule has 28 heavy (non-hydrogen) atoms. The quantitative estimate of drug-likeness (QED) is 0.558. The first-order valence-corrected chi connectivity index (χ1v) is 8.60. The molecule has 0 saturated carbocycles. The summed E-state index contributed by atoms with van der Waals surface area (Å²) in [6.45, 7) is -0.302. The maximum atomic E-state index is 11.7. The summed E-state index contributed by atoms with van der Waals surface area (Å²) in [4.78, 5) is 22.7. The minimum Gasteiger partial charge on any atom is -0.482 e. The lowest BCUT2D eigenvalue weighted by Crippen LogP contribution is -2.35. The molecular weight excluding hydrogens is 366 g/mol. The van der Waals surface area contributed by atoms with Crippen molar-refractivity contribution < 1.29 is 34.0 Å². The van der Waals surface area contributed by atoms with E-state index in [1.165, 1.54) is 7.11 Å². The van der Waals surface area contributed by atoms with Gasteiger partial charge in [0.1, 0.15) is 24.6 Å². The number of hydrogen-bond donors (Lipinski definition) is 3. The molecule has 0 aromatic heterocycles. The van der Waals surface area contributed by atoms with E-state index in [2.05, 4.69) is 10.1 Å². The summed E-state index contributed by atoms with van der Waals surface area (Å²) < 4.78 is 14.7. The Balaban J connectivity index is 1.76. The largest absolute Gasteiger partial charge is 0.482 e. The molecule has 150 valence electrons.